The first-order valence-corrected chi connectivity index (χ1v) is 12.1. The molecule has 0 spiro atoms. The predicted octanol–water partition coefficient (Wildman–Crippen LogP) is 7.48. The van der Waals surface area contributed by atoms with Crippen molar-refractivity contribution < 1.29 is 27.4 Å². The number of aryl methyl sites for hydroxylation is 2. The Balaban J connectivity index is 1.82. The van der Waals surface area contributed by atoms with Gasteiger partial charge in [-0.15, -0.1) is 0 Å². The normalized spacial score (nSPS) is 11.9. The summed E-state index contributed by atoms with van der Waals surface area (Å²) in [5, 5.41) is 0. The lowest BCUT2D eigenvalue weighted by atomic mass is 9.86. The van der Waals surface area contributed by atoms with Crippen LogP contribution in [0.25, 0.3) is 11.1 Å². The van der Waals surface area contributed by atoms with E-state index in [1.54, 1.807) is 25.1 Å². The zero-order valence-corrected chi connectivity index (χ0v) is 21.2. The van der Waals surface area contributed by atoms with Gasteiger partial charge in [0.1, 0.15) is 5.75 Å². The van der Waals surface area contributed by atoms with Crippen LogP contribution in [0.5, 0.6) is 5.75 Å². The second-order valence-corrected chi connectivity index (χ2v) is 9.85. The van der Waals surface area contributed by atoms with Gasteiger partial charge in [-0.2, -0.15) is 13.2 Å². The summed E-state index contributed by atoms with van der Waals surface area (Å²) >= 11 is 0. The van der Waals surface area contributed by atoms with Crippen LogP contribution < -0.4 is 4.74 Å². The minimum absolute atomic E-state index is 0.0800. The van der Waals surface area contributed by atoms with Crippen molar-refractivity contribution >= 4 is 5.97 Å². The van der Waals surface area contributed by atoms with Gasteiger partial charge in [0, 0.05) is 0 Å². The van der Waals surface area contributed by atoms with Crippen LogP contribution in [0.3, 0.4) is 0 Å². The second-order valence-electron chi connectivity index (χ2n) is 9.85. The molecule has 0 saturated carbocycles. The molecule has 0 aliphatic heterocycles. The van der Waals surface area contributed by atoms with E-state index in [0.717, 1.165) is 23.1 Å². The lowest BCUT2D eigenvalue weighted by Gasteiger charge is -2.19. The average molecular weight is 499 g/mol. The van der Waals surface area contributed by atoms with Crippen molar-refractivity contribution in [3.63, 3.8) is 0 Å². The van der Waals surface area contributed by atoms with E-state index < -0.39 is 18.6 Å². The molecule has 0 aliphatic rings. The second kappa shape index (κ2) is 11.6. The van der Waals surface area contributed by atoms with Crippen LogP contribution in [0, 0.1) is 0 Å². The van der Waals surface area contributed by atoms with Crippen molar-refractivity contribution in [2.45, 2.75) is 58.5 Å². The largest absolute Gasteiger partial charge is 0.482 e. The first-order valence-electron chi connectivity index (χ1n) is 12.1. The Kier molecular flexibility index (Phi) is 8.83. The Morgan fingerprint density at radius 3 is 2.00 bits per heavy atom. The number of alkyl halides is 3. The Morgan fingerprint density at radius 2 is 1.42 bits per heavy atom. The van der Waals surface area contributed by atoms with Crippen LogP contribution in [-0.4, -0.2) is 25.4 Å². The van der Waals surface area contributed by atoms with Crippen LogP contribution in [0.4, 0.5) is 13.2 Å². The van der Waals surface area contributed by atoms with E-state index in [4.69, 9.17) is 9.47 Å². The predicted molar refractivity (Wildman–Crippen MR) is 136 cm³/mol. The molecule has 192 valence electrons. The maximum absolute atomic E-state index is 12.7. The molecule has 3 rings (SSSR count). The fourth-order valence-electron chi connectivity index (χ4n) is 3.93. The number of carbonyl (C=O) groups excluding carboxylic acids is 1. The minimum Gasteiger partial charge on any atom is -0.482 e. The monoisotopic (exact) mass is 498 g/mol. The summed E-state index contributed by atoms with van der Waals surface area (Å²) in [5.74, 6) is 0.150. The molecule has 0 heterocycles. The molecule has 0 aromatic heterocycles. The van der Waals surface area contributed by atoms with Crippen LogP contribution >= 0.6 is 0 Å². The molecule has 0 radical (unpaired) electrons. The van der Waals surface area contributed by atoms with E-state index in [-0.39, 0.29) is 24.2 Å². The number of hydrogen-bond acceptors (Lipinski definition) is 3. The molecule has 3 aromatic rings. The number of carbonyl (C=O) groups is 1. The van der Waals surface area contributed by atoms with E-state index in [2.05, 4.69) is 45.0 Å². The van der Waals surface area contributed by atoms with Crippen molar-refractivity contribution in [2.75, 3.05) is 13.2 Å². The van der Waals surface area contributed by atoms with Gasteiger partial charge in [0.25, 0.3) is 0 Å². The summed E-state index contributed by atoms with van der Waals surface area (Å²) in [6.45, 7) is 8.36. The summed E-state index contributed by atoms with van der Waals surface area (Å²) in [4.78, 5) is 11.8. The van der Waals surface area contributed by atoms with Crippen molar-refractivity contribution in [1.82, 2.24) is 0 Å². The van der Waals surface area contributed by atoms with Gasteiger partial charge in [0.2, 0.25) is 0 Å². The molecule has 6 heteroatoms. The minimum atomic E-state index is -4.24. The Labute approximate surface area is 211 Å². The maximum atomic E-state index is 12.7. The lowest BCUT2D eigenvalue weighted by molar-refractivity contribution is -0.145. The van der Waals surface area contributed by atoms with Crippen molar-refractivity contribution in [1.29, 1.82) is 0 Å². The molecule has 36 heavy (non-hydrogen) atoms. The smallest absolute Gasteiger partial charge is 0.393 e. The van der Waals surface area contributed by atoms with Gasteiger partial charge in [0.15, 0.2) is 6.61 Å². The highest BCUT2D eigenvalue weighted by Gasteiger charge is 2.27. The van der Waals surface area contributed by atoms with Crippen molar-refractivity contribution in [2.24, 2.45) is 0 Å². The fraction of sp³-hybridized carbons (Fsp3) is 0.367. The maximum Gasteiger partial charge on any atom is 0.393 e. The first kappa shape index (κ1) is 27.3. The molecule has 0 unspecified atom stereocenters. The highest BCUT2D eigenvalue weighted by Crippen LogP contribution is 2.30. The van der Waals surface area contributed by atoms with Crippen molar-refractivity contribution in [3.8, 4) is 16.9 Å². The zero-order chi connectivity index (χ0) is 26.3. The third kappa shape index (κ3) is 8.14. The fourth-order valence-corrected chi connectivity index (χ4v) is 3.93. The van der Waals surface area contributed by atoms with Gasteiger partial charge >= 0.3 is 12.1 Å². The Hall–Kier alpha value is -3.28. The summed E-state index contributed by atoms with van der Waals surface area (Å²) in [7, 11) is 0. The van der Waals surface area contributed by atoms with Gasteiger partial charge < -0.3 is 9.47 Å². The number of esters is 1. The third-order valence-electron chi connectivity index (χ3n) is 5.91. The van der Waals surface area contributed by atoms with Gasteiger partial charge in [-0.1, -0.05) is 75.4 Å². The molecule has 0 N–H and O–H groups in total. The van der Waals surface area contributed by atoms with Crippen LogP contribution in [0.2, 0.25) is 0 Å². The van der Waals surface area contributed by atoms with E-state index >= 15 is 0 Å². The highest BCUT2D eigenvalue weighted by molar-refractivity contribution is 5.71. The van der Waals surface area contributed by atoms with Gasteiger partial charge in [-0.3, -0.25) is 0 Å². The number of halogens is 3. The third-order valence-corrected chi connectivity index (χ3v) is 5.91. The Bertz CT molecular complexity index is 1140. The molecule has 3 nitrogen and oxygen atoms in total. The molecular formula is C30H33F3O3. The van der Waals surface area contributed by atoms with Crippen LogP contribution in [0.1, 0.15) is 49.9 Å². The van der Waals surface area contributed by atoms with Crippen LogP contribution in [-0.2, 0) is 34.2 Å². The van der Waals surface area contributed by atoms with Gasteiger partial charge in [-0.25, -0.2) is 4.79 Å². The first-order chi connectivity index (χ1) is 16.9. The van der Waals surface area contributed by atoms with E-state index in [0.29, 0.717) is 12.2 Å². The van der Waals surface area contributed by atoms with E-state index in [1.807, 2.05) is 12.1 Å². The summed E-state index contributed by atoms with van der Waals surface area (Å²) in [6.07, 6.45) is -3.74. The molecule has 0 bridgehead atoms. The molecule has 0 saturated heterocycles. The Morgan fingerprint density at radius 1 is 0.806 bits per heavy atom. The molecule has 0 aliphatic carbocycles. The zero-order valence-electron chi connectivity index (χ0n) is 21.2. The topological polar surface area (TPSA) is 35.5 Å². The van der Waals surface area contributed by atoms with E-state index in [9.17, 15) is 18.0 Å². The number of ether oxygens (including phenoxy) is 2. The molecule has 0 amide bonds. The molecule has 3 aromatic carbocycles. The standard InChI is InChI=1S/C30H33F3O3/c1-5-35-28(34)20-36-27-17-14-24(23-11-7-22(8-12-23)19-30(31,32)33)18-25(27)13-6-21-9-15-26(16-10-21)29(2,3)4/h7-12,14-18H,5-6,13,19-20H2,1-4H3. The quantitative estimate of drug-likeness (QED) is 0.287. The highest BCUT2D eigenvalue weighted by atomic mass is 19.4. The molecular weight excluding hydrogens is 465 g/mol. The summed E-state index contributed by atoms with van der Waals surface area (Å²) < 4.78 is 48.8. The summed E-state index contributed by atoms with van der Waals surface area (Å²) in [6, 6.07) is 20.6. The van der Waals surface area contributed by atoms with Gasteiger partial charge in [0.05, 0.1) is 13.0 Å². The van der Waals surface area contributed by atoms with Crippen LogP contribution in [0.15, 0.2) is 66.7 Å². The molecule has 0 fully saturated rings. The van der Waals surface area contributed by atoms with Crippen molar-refractivity contribution in [3.05, 3.63) is 89.0 Å². The van der Waals surface area contributed by atoms with E-state index in [1.165, 1.54) is 23.3 Å². The lowest BCUT2D eigenvalue weighted by Crippen LogP contribution is -2.15. The molecule has 0 atom stereocenters. The SMILES string of the molecule is CCOC(=O)COc1ccc(-c2ccc(CC(F)(F)F)cc2)cc1CCc1ccc(C(C)(C)C)cc1. The average Bonchev–Trinajstić information content (AvgIpc) is 2.81. The number of rotatable bonds is 9. The summed E-state index contributed by atoms with van der Waals surface area (Å²) in [5.41, 5.74) is 5.35. The number of hydrogen-bond donors (Lipinski definition) is 0. The number of benzene rings is 3. The van der Waals surface area contributed by atoms with Gasteiger partial charge in [-0.05, 0) is 70.7 Å².